The second kappa shape index (κ2) is 5.73. The molecule has 0 saturated carbocycles. The van der Waals surface area contributed by atoms with Gasteiger partial charge in [-0.25, -0.2) is 0 Å². The van der Waals surface area contributed by atoms with Crippen LogP contribution >= 0.6 is 0 Å². The van der Waals surface area contributed by atoms with Crippen molar-refractivity contribution in [1.29, 1.82) is 0 Å². The molecule has 1 unspecified atom stereocenters. The van der Waals surface area contributed by atoms with Crippen molar-refractivity contribution in [1.82, 2.24) is 4.98 Å². The molecule has 7 heteroatoms. The molecule has 1 aliphatic rings. The monoisotopic (exact) mass is 278 g/mol. The van der Waals surface area contributed by atoms with E-state index < -0.39 is 29.2 Å². The summed E-state index contributed by atoms with van der Waals surface area (Å²) in [7, 11) is 0. The Kier molecular flexibility index (Phi) is 4.24. The Balaban J connectivity index is 2.31. The first-order valence-corrected chi connectivity index (χ1v) is 6.11. The van der Waals surface area contributed by atoms with Crippen molar-refractivity contribution >= 4 is 5.69 Å². The molecule has 1 fully saturated rings. The maximum atomic E-state index is 13.6. The lowest BCUT2D eigenvalue weighted by Gasteiger charge is -2.26. The van der Waals surface area contributed by atoms with Crippen LogP contribution in [0.5, 0.6) is 0 Å². The summed E-state index contributed by atoms with van der Waals surface area (Å²) in [5.74, 6) is -6.23. The Morgan fingerprint density at radius 2 is 1.84 bits per heavy atom. The summed E-state index contributed by atoms with van der Waals surface area (Å²) < 4.78 is 58.8. The smallest absolute Gasteiger partial charge is 0.253 e. The van der Waals surface area contributed by atoms with Gasteiger partial charge in [0, 0.05) is 19.7 Å². The lowest BCUT2D eigenvalue weighted by molar-refractivity contribution is 0.115. The molecule has 19 heavy (non-hydrogen) atoms. The molecule has 1 atom stereocenters. The van der Waals surface area contributed by atoms with Gasteiger partial charge in [-0.2, -0.15) is 22.5 Å². The summed E-state index contributed by atoms with van der Waals surface area (Å²) in [6.07, 6.45) is 1.44. The van der Waals surface area contributed by atoms with Crippen molar-refractivity contribution in [3.8, 4) is 0 Å². The van der Waals surface area contributed by atoms with E-state index >= 15 is 0 Å². The minimum absolute atomic E-state index is 0.182. The average Bonchev–Trinajstić information content (AvgIpc) is 2.88. The van der Waals surface area contributed by atoms with Crippen LogP contribution in [0, 0.1) is 23.5 Å². The van der Waals surface area contributed by atoms with Gasteiger partial charge >= 0.3 is 0 Å². The summed E-state index contributed by atoms with van der Waals surface area (Å²) in [6, 6.07) is 0. The Morgan fingerprint density at radius 3 is 2.32 bits per heavy atom. The second-order valence-electron chi connectivity index (χ2n) is 4.34. The lowest BCUT2D eigenvalue weighted by atomic mass is 10.2. The van der Waals surface area contributed by atoms with Gasteiger partial charge in [0.2, 0.25) is 11.6 Å². The number of ether oxygens (including phenoxy) is 1. The third-order valence-electron chi connectivity index (χ3n) is 3.12. The van der Waals surface area contributed by atoms with Gasteiger partial charge < -0.3 is 9.64 Å². The van der Waals surface area contributed by atoms with Gasteiger partial charge in [-0.3, -0.25) is 0 Å². The van der Waals surface area contributed by atoms with Gasteiger partial charge in [0.15, 0.2) is 0 Å². The summed E-state index contributed by atoms with van der Waals surface area (Å²) >= 11 is 0. The number of anilines is 1. The van der Waals surface area contributed by atoms with Crippen molar-refractivity contribution in [3.63, 3.8) is 0 Å². The van der Waals surface area contributed by atoms with Crippen LogP contribution in [-0.4, -0.2) is 30.8 Å². The maximum absolute atomic E-state index is 13.6. The standard InChI is InChI=1S/C12H14F4N2O/c1-2-18(6-7-4-3-5-19-7)10-8(13)11(15)17-12(16)9(10)14/h7H,2-6H2,1H3. The number of hydrogen-bond acceptors (Lipinski definition) is 3. The molecule has 0 N–H and O–H groups in total. The Morgan fingerprint density at radius 1 is 1.21 bits per heavy atom. The molecule has 3 nitrogen and oxygen atoms in total. The fourth-order valence-corrected chi connectivity index (χ4v) is 2.17. The van der Waals surface area contributed by atoms with E-state index in [9.17, 15) is 17.6 Å². The molecular weight excluding hydrogens is 264 g/mol. The zero-order valence-corrected chi connectivity index (χ0v) is 10.4. The Labute approximate surface area is 108 Å². The molecule has 1 saturated heterocycles. The fourth-order valence-electron chi connectivity index (χ4n) is 2.17. The van der Waals surface area contributed by atoms with Gasteiger partial charge in [0.25, 0.3) is 11.9 Å². The molecule has 2 heterocycles. The minimum Gasteiger partial charge on any atom is -0.376 e. The number of hydrogen-bond donors (Lipinski definition) is 0. The van der Waals surface area contributed by atoms with E-state index in [1.807, 2.05) is 0 Å². The van der Waals surface area contributed by atoms with Gasteiger partial charge in [0.05, 0.1) is 6.10 Å². The SMILES string of the molecule is CCN(CC1CCCO1)c1c(F)c(F)nc(F)c1F. The van der Waals surface area contributed by atoms with Crippen LogP contribution in [-0.2, 0) is 4.74 Å². The van der Waals surface area contributed by atoms with E-state index in [4.69, 9.17) is 4.74 Å². The molecule has 106 valence electrons. The molecule has 0 bridgehead atoms. The number of pyridine rings is 1. The highest BCUT2D eigenvalue weighted by Gasteiger charge is 2.27. The summed E-state index contributed by atoms with van der Waals surface area (Å²) in [5.41, 5.74) is -0.719. The number of nitrogens with zero attached hydrogens (tertiary/aromatic N) is 2. The second-order valence-corrected chi connectivity index (χ2v) is 4.34. The number of likely N-dealkylation sites (N-methyl/N-ethyl adjacent to an activating group) is 1. The third kappa shape index (κ3) is 2.80. The first-order valence-electron chi connectivity index (χ1n) is 6.11. The molecule has 1 aromatic rings. The first kappa shape index (κ1) is 14.0. The van der Waals surface area contributed by atoms with Crippen LogP contribution in [0.15, 0.2) is 0 Å². The average molecular weight is 278 g/mol. The van der Waals surface area contributed by atoms with E-state index in [2.05, 4.69) is 4.98 Å². The van der Waals surface area contributed by atoms with E-state index in [1.165, 1.54) is 4.90 Å². The molecular formula is C12H14F4N2O. The first-order chi connectivity index (χ1) is 9.04. The molecule has 0 amide bonds. The van der Waals surface area contributed by atoms with Crippen molar-refractivity contribution in [3.05, 3.63) is 23.5 Å². The van der Waals surface area contributed by atoms with E-state index in [0.717, 1.165) is 12.8 Å². The molecule has 1 aliphatic heterocycles. The van der Waals surface area contributed by atoms with Crippen molar-refractivity contribution < 1.29 is 22.3 Å². The predicted molar refractivity (Wildman–Crippen MR) is 60.9 cm³/mol. The number of aromatic nitrogens is 1. The fraction of sp³-hybridized carbons (Fsp3) is 0.583. The number of rotatable bonds is 4. The van der Waals surface area contributed by atoms with Crippen molar-refractivity contribution in [2.45, 2.75) is 25.9 Å². The lowest BCUT2D eigenvalue weighted by Crippen LogP contribution is -2.34. The largest absolute Gasteiger partial charge is 0.376 e. The predicted octanol–water partition coefficient (Wildman–Crippen LogP) is 2.64. The maximum Gasteiger partial charge on any atom is 0.253 e. The van der Waals surface area contributed by atoms with Gasteiger partial charge in [-0.05, 0) is 19.8 Å². The van der Waals surface area contributed by atoms with E-state index in [0.29, 0.717) is 6.61 Å². The zero-order valence-electron chi connectivity index (χ0n) is 10.4. The van der Waals surface area contributed by atoms with Crippen molar-refractivity contribution in [2.75, 3.05) is 24.6 Å². The highest BCUT2D eigenvalue weighted by Crippen LogP contribution is 2.27. The zero-order chi connectivity index (χ0) is 14.0. The number of halogens is 4. The highest BCUT2D eigenvalue weighted by molar-refractivity contribution is 5.48. The third-order valence-corrected chi connectivity index (χ3v) is 3.12. The molecule has 1 aromatic heterocycles. The van der Waals surface area contributed by atoms with Crippen LogP contribution in [0.25, 0.3) is 0 Å². The molecule has 0 spiro atoms. The van der Waals surface area contributed by atoms with Crippen LogP contribution in [0.1, 0.15) is 19.8 Å². The van der Waals surface area contributed by atoms with Gasteiger partial charge in [-0.15, -0.1) is 0 Å². The highest BCUT2D eigenvalue weighted by atomic mass is 19.2. The van der Waals surface area contributed by atoms with Gasteiger partial charge in [0.1, 0.15) is 5.69 Å². The topological polar surface area (TPSA) is 25.4 Å². The van der Waals surface area contributed by atoms with Crippen LogP contribution in [0.2, 0.25) is 0 Å². The Hall–Kier alpha value is -1.37. The minimum atomic E-state index is -1.64. The quantitative estimate of drug-likeness (QED) is 0.625. The molecule has 0 aromatic carbocycles. The summed E-state index contributed by atoms with van der Waals surface area (Å²) in [6.45, 7) is 2.63. The van der Waals surface area contributed by atoms with E-state index in [-0.39, 0.29) is 19.2 Å². The Bertz CT molecular complexity index is 437. The molecule has 0 aliphatic carbocycles. The van der Waals surface area contributed by atoms with Crippen LogP contribution < -0.4 is 4.90 Å². The molecule has 0 radical (unpaired) electrons. The van der Waals surface area contributed by atoms with Crippen LogP contribution in [0.4, 0.5) is 23.2 Å². The summed E-state index contributed by atoms with van der Waals surface area (Å²) in [4.78, 5) is 3.77. The van der Waals surface area contributed by atoms with E-state index in [1.54, 1.807) is 6.92 Å². The van der Waals surface area contributed by atoms with Gasteiger partial charge in [-0.1, -0.05) is 0 Å². The normalized spacial score (nSPS) is 18.9. The van der Waals surface area contributed by atoms with Crippen LogP contribution in [0.3, 0.4) is 0 Å². The summed E-state index contributed by atoms with van der Waals surface area (Å²) in [5, 5.41) is 0. The molecule has 2 rings (SSSR count). The van der Waals surface area contributed by atoms with Crippen molar-refractivity contribution in [2.24, 2.45) is 0 Å².